The van der Waals surface area contributed by atoms with Crippen LogP contribution < -0.4 is 14.4 Å². The van der Waals surface area contributed by atoms with Gasteiger partial charge in [0, 0.05) is 18.7 Å². The molecule has 1 aromatic heterocycles. The summed E-state index contributed by atoms with van der Waals surface area (Å²) in [6, 6.07) is 2.90. The molecule has 3 aliphatic heterocycles. The first-order valence-electron chi connectivity index (χ1n) is 10.6. The molecule has 2 aromatic rings. The smallest absolute Gasteiger partial charge is 0.395 e. The van der Waals surface area contributed by atoms with Crippen molar-refractivity contribution in [2.45, 2.75) is 52.1 Å². The molecule has 172 valence electrons. The van der Waals surface area contributed by atoms with Crippen molar-refractivity contribution in [1.82, 2.24) is 9.97 Å². The van der Waals surface area contributed by atoms with Crippen LogP contribution in [0.3, 0.4) is 0 Å². The first-order valence-corrected chi connectivity index (χ1v) is 11.0. The van der Waals surface area contributed by atoms with Gasteiger partial charge in [-0.1, -0.05) is 11.6 Å². The number of hydrogen-bond donors (Lipinski definition) is 1. The lowest BCUT2D eigenvalue weighted by Gasteiger charge is -2.39. The SMILES string of the molecule is Cc1nc(N2CCC3(CC2)CO[C@@H](C)C3)c(CO)nc1-c1ccc2c(c1Cl)OC(F)(F)O2. The number of aromatic nitrogens is 2. The fourth-order valence-electron chi connectivity index (χ4n) is 4.91. The maximum atomic E-state index is 13.5. The van der Waals surface area contributed by atoms with Crippen LogP contribution in [-0.4, -0.2) is 47.2 Å². The number of anilines is 1. The Morgan fingerprint density at radius 2 is 1.97 bits per heavy atom. The maximum Gasteiger partial charge on any atom is 0.586 e. The van der Waals surface area contributed by atoms with Crippen molar-refractivity contribution in [2.75, 3.05) is 24.6 Å². The number of aliphatic hydroxyl groups excluding tert-OH is 1. The van der Waals surface area contributed by atoms with Gasteiger partial charge in [-0.25, -0.2) is 9.97 Å². The molecule has 3 aliphatic rings. The highest BCUT2D eigenvalue weighted by molar-refractivity contribution is 6.35. The molecule has 7 nitrogen and oxygen atoms in total. The molecular weight excluding hydrogens is 444 g/mol. The lowest BCUT2D eigenvalue weighted by atomic mass is 9.77. The van der Waals surface area contributed by atoms with Crippen molar-refractivity contribution in [3.05, 3.63) is 28.5 Å². The van der Waals surface area contributed by atoms with Gasteiger partial charge in [-0.15, -0.1) is 8.78 Å². The van der Waals surface area contributed by atoms with Gasteiger partial charge in [-0.2, -0.15) is 0 Å². The summed E-state index contributed by atoms with van der Waals surface area (Å²) < 4.78 is 41.7. The second-order valence-corrected chi connectivity index (χ2v) is 9.20. The number of aryl methyl sites for hydroxylation is 1. The lowest BCUT2D eigenvalue weighted by Crippen LogP contribution is -2.41. The fourth-order valence-corrected chi connectivity index (χ4v) is 5.19. The van der Waals surface area contributed by atoms with E-state index in [-0.39, 0.29) is 28.5 Å². The first kappa shape index (κ1) is 21.6. The van der Waals surface area contributed by atoms with E-state index < -0.39 is 6.29 Å². The number of rotatable bonds is 3. The summed E-state index contributed by atoms with van der Waals surface area (Å²) in [4.78, 5) is 11.5. The third kappa shape index (κ3) is 3.66. The highest BCUT2D eigenvalue weighted by atomic mass is 35.5. The van der Waals surface area contributed by atoms with Crippen LogP contribution in [0.4, 0.5) is 14.6 Å². The number of nitrogens with zero attached hydrogens (tertiary/aromatic N) is 3. The van der Waals surface area contributed by atoms with Crippen molar-refractivity contribution in [3.8, 4) is 22.8 Å². The number of ether oxygens (including phenoxy) is 3. The number of halogens is 3. The van der Waals surface area contributed by atoms with Crippen LogP contribution in [0.1, 0.15) is 37.6 Å². The summed E-state index contributed by atoms with van der Waals surface area (Å²) in [6.07, 6.45) is -0.417. The molecule has 1 N–H and O–H groups in total. The highest BCUT2D eigenvalue weighted by Gasteiger charge is 2.45. The van der Waals surface area contributed by atoms with Gasteiger partial charge < -0.3 is 24.2 Å². The molecule has 1 atom stereocenters. The second kappa shape index (κ2) is 7.67. The van der Waals surface area contributed by atoms with Crippen molar-refractivity contribution >= 4 is 17.4 Å². The summed E-state index contributed by atoms with van der Waals surface area (Å²) in [5, 5.41) is 9.98. The van der Waals surface area contributed by atoms with Crippen LogP contribution in [0.5, 0.6) is 11.5 Å². The summed E-state index contributed by atoms with van der Waals surface area (Å²) in [5.74, 6) is 0.263. The Balaban J connectivity index is 1.44. The van der Waals surface area contributed by atoms with E-state index in [0.29, 0.717) is 34.6 Å². The minimum absolute atomic E-state index is 0.0380. The molecule has 2 saturated heterocycles. The van der Waals surface area contributed by atoms with Gasteiger partial charge in [0.05, 0.1) is 35.7 Å². The van der Waals surface area contributed by atoms with Gasteiger partial charge in [0.25, 0.3) is 0 Å². The van der Waals surface area contributed by atoms with Gasteiger partial charge in [-0.3, -0.25) is 0 Å². The van der Waals surface area contributed by atoms with Gasteiger partial charge >= 0.3 is 6.29 Å². The maximum absolute atomic E-state index is 13.5. The number of aliphatic hydroxyl groups is 1. The predicted molar refractivity (Wildman–Crippen MR) is 113 cm³/mol. The molecule has 0 saturated carbocycles. The molecule has 0 unspecified atom stereocenters. The Bertz CT molecular complexity index is 1060. The van der Waals surface area contributed by atoms with E-state index in [1.165, 1.54) is 12.1 Å². The zero-order valence-corrected chi connectivity index (χ0v) is 18.6. The molecule has 32 heavy (non-hydrogen) atoms. The summed E-state index contributed by atoms with van der Waals surface area (Å²) in [7, 11) is 0. The standard InChI is InChI=1S/C22H24ClF2N3O4/c1-12-9-21(11-30-12)5-7-28(8-6-21)20-15(10-29)27-18(13(2)26-20)14-3-4-16-19(17(14)23)32-22(24,25)31-16/h3-4,12,29H,5-11H2,1-2H3/t12-/m0/s1. The predicted octanol–water partition coefficient (Wildman–Crippen LogP) is 4.31. The zero-order valence-electron chi connectivity index (χ0n) is 17.8. The van der Waals surface area contributed by atoms with Crippen molar-refractivity contribution in [2.24, 2.45) is 5.41 Å². The molecule has 2 fully saturated rings. The van der Waals surface area contributed by atoms with Crippen LogP contribution in [0, 0.1) is 12.3 Å². The van der Waals surface area contributed by atoms with E-state index in [9.17, 15) is 13.9 Å². The molecule has 1 spiro atoms. The third-order valence-electron chi connectivity index (χ3n) is 6.55. The van der Waals surface area contributed by atoms with Crippen LogP contribution in [-0.2, 0) is 11.3 Å². The van der Waals surface area contributed by atoms with E-state index in [0.717, 1.165) is 39.0 Å². The normalized spacial score (nSPS) is 23.2. The van der Waals surface area contributed by atoms with Gasteiger partial charge in [0.2, 0.25) is 0 Å². The van der Waals surface area contributed by atoms with E-state index >= 15 is 0 Å². The summed E-state index contributed by atoms with van der Waals surface area (Å²) >= 11 is 6.36. The molecule has 0 bridgehead atoms. The van der Waals surface area contributed by atoms with Crippen LogP contribution >= 0.6 is 11.6 Å². The molecular formula is C22H24ClF2N3O4. The summed E-state index contributed by atoms with van der Waals surface area (Å²) in [5.41, 5.74) is 1.99. The Labute approximate surface area is 189 Å². The summed E-state index contributed by atoms with van der Waals surface area (Å²) in [6.45, 7) is 5.98. The molecule has 0 aliphatic carbocycles. The van der Waals surface area contributed by atoms with E-state index in [2.05, 4.69) is 26.3 Å². The average Bonchev–Trinajstić information content (AvgIpc) is 3.28. The zero-order chi connectivity index (χ0) is 22.7. The number of alkyl halides is 2. The van der Waals surface area contributed by atoms with Crippen LogP contribution in [0.2, 0.25) is 5.02 Å². The van der Waals surface area contributed by atoms with E-state index in [1.54, 1.807) is 6.92 Å². The monoisotopic (exact) mass is 467 g/mol. The topological polar surface area (TPSA) is 76.9 Å². The first-order chi connectivity index (χ1) is 15.2. The molecule has 1 aromatic carbocycles. The average molecular weight is 468 g/mol. The quantitative estimate of drug-likeness (QED) is 0.720. The molecule has 5 rings (SSSR count). The fraction of sp³-hybridized carbons (Fsp3) is 0.545. The molecule has 0 radical (unpaired) electrons. The van der Waals surface area contributed by atoms with Crippen LogP contribution in [0.25, 0.3) is 11.3 Å². The van der Waals surface area contributed by atoms with Gasteiger partial charge in [0.15, 0.2) is 17.3 Å². The number of hydrogen-bond acceptors (Lipinski definition) is 7. The number of benzene rings is 1. The number of fused-ring (bicyclic) bond motifs is 1. The van der Waals surface area contributed by atoms with Crippen molar-refractivity contribution in [3.63, 3.8) is 0 Å². The number of piperidine rings is 1. The Morgan fingerprint density at radius 1 is 1.22 bits per heavy atom. The van der Waals surface area contributed by atoms with Crippen molar-refractivity contribution in [1.29, 1.82) is 0 Å². The van der Waals surface area contributed by atoms with E-state index in [1.807, 2.05) is 0 Å². The second-order valence-electron chi connectivity index (χ2n) is 8.82. The Morgan fingerprint density at radius 3 is 2.62 bits per heavy atom. The minimum atomic E-state index is -3.76. The van der Waals surface area contributed by atoms with E-state index in [4.69, 9.17) is 21.3 Å². The highest BCUT2D eigenvalue weighted by Crippen LogP contribution is 2.49. The minimum Gasteiger partial charge on any atom is -0.395 e. The van der Waals surface area contributed by atoms with Gasteiger partial charge in [-0.05, 0) is 50.7 Å². The Hall–Kier alpha value is -2.23. The molecule has 10 heteroatoms. The third-order valence-corrected chi connectivity index (χ3v) is 6.93. The van der Waals surface area contributed by atoms with Crippen LogP contribution in [0.15, 0.2) is 12.1 Å². The lowest BCUT2D eigenvalue weighted by molar-refractivity contribution is -0.286. The van der Waals surface area contributed by atoms with Crippen molar-refractivity contribution < 1.29 is 28.1 Å². The van der Waals surface area contributed by atoms with Gasteiger partial charge in [0.1, 0.15) is 5.69 Å². The Kier molecular flexibility index (Phi) is 5.18. The molecule has 4 heterocycles. The largest absolute Gasteiger partial charge is 0.586 e. The molecule has 0 amide bonds.